The van der Waals surface area contributed by atoms with Gasteiger partial charge in [-0.3, -0.25) is 0 Å². The number of rotatable bonds is 3. The van der Waals surface area contributed by atoms with Gasteiger partial charge in [0, 0.05) is 12.1 Å². The number of nitrogens with one attached hydrogen (secondary N) is 1. The lowest BCUT2D eigenvalue weighted by molar-refractivity contribution is 0.164. The number of anilines is 1. The van der Waals surface area contributed by atoms with Crippen LogP contribution in [0.4, 0.5) is 10.5 Å². The molecule has 0 aliphatic carbocycles. The Hall–Kier alpha value is -2.48. The number of benzene rings is 2. The molecule has 2 aromatic carbocycles. The molecular weight excluding hydrogens is 350 g/mol. The van der Waals surface area contributed by atoms with Gasteiger partial charge in [0.05, 0.1) is 34.7 Å². The fraction of sp³-hybridized carbons (Fsp3) is 0.263. The van der Waals surface area contributed by atoms with Crippen LogP contribution < -0.4 is 5.32 Å². The fourth-order valence-electron chi connectivity index (χ4n) is 3.27. The standard InChI is InChI=1S/C19H19N3O3S/c23-11-12-9-13(24)10-22(12)19(25)21-15-6-2-1-5-14(15)18-20-16-7-3-4-8-17(16)26-18/h1-8,12-13,23-24H,9-11H2,(H,21,25)/t12-,13-/m0/s1. The van der Waals surface area contributed by atoms with Crippen molar-refractivity contribution < 1.29 is 15.0 Å². The summed E-state index contributed by atoms with van der Waals surface area (Å²) in [4.78, 5) is 18.8. The maximum atomic E-state index is 12.7. The number of carbonyl (C=O) groups is 1. The van der Waals surface area contributed by atoms with Gasteiger partial charge in [-0.25, -0.2) is 9.78 Å². The first-order valence-corrected chi connectivity index (χ1v) is 9.29. The number of carbonyl (C=O) groups excluding carboxylic acids is 1. The molecule has 4 rings (SSSR count). The van der Waals surface area contributed by atoms with Crippen molar-refractivity contribution in [1.29, 1.82) is 0 Å². The molecule has 3 aromatic rings. The van der Waals surface area contributed by atoms with E-state index in [9.17, 15) is 15.0 Å². The molecule has 0 spiro atoms. The van der Waals surface area contributed by atoms with Crippen molar-refractivity contribution in [2.75, 3.05) is 18.5 Å². The van der Waals surface area contributed by atoms with E-state index in [1.807, 2.05) is 48.5 Å². The topological polar surface area (TPSA) is 85.7 Å². The number of fused-ring (bicyclic) bond motifs is 1. The Bertz CT molecular complexity index is 909. The smallest absolute Gasteiger partial charge is 0.322 e. The molecule has 2 atom stereocenters. The summed E-state index contributed by atoms with van der Waals surface area (Å²) in [6, 6.07) is 14.8. The van der Waals surface area contributed by atoms with Crippen molar-refractivity contribution in [3.05, 3.63) is 48.5 Å². The van der Waals surface area contributed by atoms with Crippen LogP contribution in [-0.4, -0.2) is 51.4 Å². The van der Waals surface area contributed by atoms with Crippen LogP contribution in [-0.2, 0) is 0 Å². The lowest BCUT2D eigenvalue weighted by atomic mass is 10.2. The second-order valence-electron chi connectivity index (χ2n) is 6.34. The molecule has 1 saturated heterocycles. The number of aromatic nitrogens is 1. The summed E-state index contributed by atoms with van der Waals surface area (Å²) >= 11 is 1.57. The first-order valence-electron chi connectivity index (χ1n) is 8.47. The van der Waals surface area contributed by atoms with Crippen LogP contribution in [0.15, 0.2) is 48.5 Å². The molecule has 1 fully saturated rings. The molecular formula is C19H19N3O3S. The highest BCUT2D eigenvalue weighted by atomic mass is 32.1. The second kappa shape index (κ2) is 7.03. The molecule has 6 nitrogen and oxygen atoms in total. The van der Waals surface area contributed by atoms with E-state index in [0.29, 0.717) is 12.1 Å². The number of aliphatic hydroxyl groups is 2. The van der Waals surface area contributed by atoms with E-state index in [-0.39, 0.29) is 25.2 Å². The van der Waals surface area contributed by atoms with Gasteiger partial charge < -0.3 is 20.4 Å². The number of aliphatic hydroxyl groups excluding tert-OH is 2. The zero-order valence-corrected chi connectivity index (χ0v) is 14.8. The average Bonchev–Trinajstić information content (AvgIpc) is 3.25. The van der Waals surface area contributed by atoms with Crippen LogP contribution in [0.2, 0.25) is 0 Å². The Morgan fingerprint density at radius 3 is 2.81 bits per heavy atom. The predicted molar refractivity (Wildman–Crippen MR) is 102 cm³/mol. The van der Waals surface area contributed by atoms with Crippen LogP contribution in [0.3, 0.4) is 0 Å². The fourth-order valence-corrected chi connectivity index (χ4v) is 4.27. The first-order chi connectivity index (χ1) is 12.7. The Morgan fingerprint density at radius 1 is 1.23 bits per heavy atom. The summed E-state index contributed by atoms with van der Waals surface area (Å²) in [5, 5.41) is 23.0. The van der Waals surface area contributed by atoms with Gasteiger partial charge in [0.2, 0.25) is 0 Å². The molecule has 0 unspecified atom stereocenters. The quantitative estimate of drug-likeness (QED) is 0.663. The maximum Gasteiger partial charge on any atom is 0.322 e. The summed E-state index contributed by atoms with van der Waals surface area (Å²) in [6.07, 6.45) is -0.207. The monoisotopic (exact) mass is 369 g/mol. The molecule has 7 heteroatoms. The maximum absolute atomic E-state index is 12.7. The number of urea groups is 1. The largest absolute Gasteiger partial charge is 0.394 e. The Kier molecular flexibility index (Phi) is 4.58. The Balaban J connectivity index is 1.63. The lowest BCUT2D eigenvalue weighted by Gasteiger charge is -2.23. The molecule has 0 radical (unpaired) electrons. The lowest BCUT2D eigenvalue weighted by Crippen LogP contribution is -2.40. The molecule has 2 heterocycles. The van der Waals surface area contributed by atoms with Crippen LogP contribution in [0.1, 0.15) is 6.42 Å². The minimum atomic E-state index is -0.600. The van der Waals surface area contributed by atoms with Crippen LogP contribution in [0.5, 0.6) is 0 Å². The van der Waals surface area contributed by atoms with Crippen LogP contribution in [0.25, 0.3) is 20.8 Å². The highest BCUT2D eigenvalue weighted by Crippen LogP contribution is 2.34. The van der Waals surface area contributed by atoms with E-state index < -0.39 is 6.10 Å². The van der Waals surface area contributed by atoms with Crippen molar-refractivity contribution in [3.63, 3.8) is 0 Å². The van der Waals surface area contributed by atoms with Gasteiger partial charge in [-0.2, -0.15) is 0 Å². The van der Waals surface area contributed by atoms with Crippen LogP contribution in [0, 0.1) is 0 Å². The van der Waals surface area contributed by atoms with Gasteiger partial charge in [0.25, 0.3) is 0 Å². The SMILES string of the molecule is O=C(Nc1ccccc1-c1nc2ccccc2s1)N1C[C@@H](O)C[C@H]1CO. The van der Waals surface area contributed by atoms with Crippen molar-refractivity contribution in [2.45, 2.75) is 18.6 Å². The van der Waals surface area contributed by atoms with E-state index in [4.69, 9.17) is 0 Å². The molecule has 2 amide bonds. The summed E-state index contributed by atoms with van der Waals surface area (Å²) < 4.78 is 1.09. The summed E-state index contributed by atoms with van der Waals surface area (Å²) in [5.74, 6) is 0. The molecule has 1 aliphatic rings. The average molecular weight is 369 g/mol. The van der Waals surface area contributed by atoms with Crippen molar-refractivity contribution in [3.8, 4) is 10.6 Å². The van der Waals surface area contributed by atoms with E-state index in [1.165, 1.54) is 4.90 Å². The predicted octanol–water partition coefficient (Wildman–Crippen LogP) is 2.92. The molecule has 0 saturated carbocycles. The van der Waals surface area contributed by atoms with Gasteiger partial charge in [0.15, 0.2) is 0 Å². The van der Waals surface area contributed by atoms with Gasteiger partial charge in [0.1, 0.15) is 5.01 Å². The van der Waals surface area contributed by atoms with Gasteiger partial charge in [-0.15, -0.1) is 11.3 Å². The Labute approximate surface area is 154 Å². The Morgan fingerprint density at radius 2 is 2.00 bits per heavy atom. The normalized spacial score (nSPS) is 19.8. The second-order valence-corrected chi connectivity index (χ2v) is 7.37. The molecule has 134 valence electrons. The third-order valence-corrected chi connectivity index (χ3v) is 5.63. The summed E-state index contributed by atoms with van der Waals surface area (Å²) in [5.41, 5.74) is 2.44. The highest BCUT2D eigenvalue weighted by Gasteiger charge is 2.34. The molecule has 26 heavy (non-hydrogen) atoms. The third kappa shape index (κ3) is 3.16. The van der Waals surface area contributed by atoms with Gasteiger partial charge in [-0.1, -0.05) is 24.3 Å². The molecule has 3 N–H and O–H groups in total. The number of para-hydroxylation sites is 2. The number of β-amino-alcohol motifs (C(OH)–C–C–N with tert-alkyl or cyclic N) is 1. The molecule has 1 aromatic heterocycles. The number of hydrogen-bond donors (Lipinski definition) is 3. The zero-order chi connectivity index (χ0) is 18.1. The molecule has 1 aliphatic heterocycles. The summed E-state index contributed by atoms with van der Waals surface area (Å²) in [6.45, 7) is 0.0599. The number of thiazole rings is 1. The minimum absolute atomic E-state index is 0.163. The molecule has 0 bridgehead atoms. The van der Waals surface area contributed by atoms with Crippen molar-refractivity contribution >= 4 is 33.3 Å². The van der Waals surface area contributed by atoms with E-state index in [0.717, 1.165) is 20.8 Å². The zero-order valence-electron chi connectivity index (χ0n) is 14.0. The summed E-state index contributed by atoms with van der Waals surface area (Å²) in [7, 11) is 0. The van der Waals surface area contributed by atoms with E-state index in [2.05, 4.69) is 10.3 Å². The van der Waals surface area contributed by atoms with Gasteiger partial charge >= 0.3 is 6.03 Å². The van der Waals surface area contributed by atoms with E-state index in [1.54, 1.807) is 11.3 Å². The van der Waals surface area contributed by atoms with Crippen LogP contribution >= 0.6 is 11.3 Å². The highest BCUT2D eigenvalue weighted by molar-refractivity contribution is 7.21. The number of amides is 2. The van der Waals surface area contributed by atoms with Gasteiger partial charge in [-0.05, 0) is 30.7 Å². The van der Waals surface area contributed by atoms with Crippen molar-refractivity contribution in [2.24, 2.45) is 0 Å². The number of hydrogen-bond acceptors (Lipinski definition) is 5. The third-order valence-electron chi connectivity index (χ3n) is 4.56. The first kappa shape index (κ1) is 17.0. The number of likely N-dealkylation sites (tertiary alicyclic amines) is 1. The number of nitrogens with zero attached hydrogens (tertiary/aromatic N) is 2. The minimum Gasteiger partial charge on any atom is -0.394 e. The van der Waals surface area contributed by atoms with Crippen molar-refractivity contribution in [1.82, 2.24) is 9.88 Å². The van der Waals surface area contributed by atoms with E-state index >= 15 is 0 Å².